The van der Waals surface area contributed by atoms with Gasteiger partial charge in [0.15, 0.2) is 0 Å². The van der Waals surface area contributed by atoms with Crippen molar-refractivity contribution in [1.82, 2.24) is 16.0 Å². The highest BCUT2D eigenvalue weighted by atomic mass is 16.2. The van der Waals surface area contributed by atoms with E-state index in [2.05, 4.69) is 16.0 Å². The molecule has 0 heterocycles. The summed E-state index contributed by atoms with van der Waals surface area (Å²) >= 11 is 0. The molecular weight excluding hydrogens is 444 g/mol. The summed E-state index contributed by atoms with van der Waals surface area (Å²) in [6, 6.07) is 19.8. The lowest BCUT2D eigenvalue weighted by atomic mass is 10.0. The second-order valence-electron chi connectivity index (χ2n) is 8.71. The average molecular weight is 475 g/mol. The smallest absolute Gasteiger partial charge is 0.251 e. The first kappa shape index (κ1) is 25.4. The topological polar surface area (TPSA) is 130 Å². The highest BCUT2D eigenvalue weighted by Gasteiger charge is 2.24. The van der Waals surface area contributed by atoms with E-state index in [9.17, 15) is 19.2 Å². The van der Waals surface area contributed by atoms with Crippen molar-refractivity contribution in [1.29, 1.82) is 0 Å². The monoisotopic (exact) mass is 474 g/mol. The summed E-state index contributed by atoms with van der Waals surface area (Å²) in [5.74, 6) is -1.64. The van der Waals surface area contributed by atoms with Crippen LogP contribution >= 0.6 is 0 Å². The SMILES string of the molecule is CC(C)C(NC(=O)Cc1ccc2ccccc2c1)C(=O)NCc1ccc(C(=O)NCC(N)=O)cc1. The lowest BCUT2D eigenvalue weighted by molar-refractivity contribution is -0.129. The Morgan fingerprint density at radius 3 is 2.14 bits per heavy atom. The number of nitrogens with two attached hydrogens (primary N) is 1. The number of rotatable bonds is 10. The predicted molar refractivity (Wildman–Crippen MR) is 134 cm³/mol. The first-order valence-corrected chi connectivity index (χ1v) is 11.4. The molecule has 8 heteroatoms. The molecule has 0 aliphatic rings. The molecule has 0 radical (unpaired) electrons. The summed E-state index contributed by atoms with van der Waals surface area (Å²) in [6.07, 6.45) is 0.181. The molecule has 35 heavy (non-hydrogen) atoms. The maximum atomic E-state index is 12.8. The van der Waals surface area contributed by atoms with Gasteiger partial charge in [0.05, 0.1) is 13.0 Å². The molecule has 0 fully saturated rings. The summed E-state index contributed by atoms with van der Waals surface area (Å²) in [4.78, 5) is 48.2. The molecule has 3 aromatic rings. The number of benzene rings is 3. The number of carbonyl (C=O) groups excluding carboxylic acids is 4. The van der Waals surface area contributed by atoms with E-state index in [4.69, 9.17) is 5.73 Å². The van der Waals surface area contributed by atoms with Gasteiger partial charge in [-0.15, -0.1) is 0 Å². The van der Waals surface area contributed by atoms with E-state index in [1.807, 2.05) is 56.3 Å². The van der Waals surface area contributed by atoms with E-state index in [-0.39, 0.29) is 37.2 Å². The molecule has 0 bridgehead atoms. The van der Waals surface area contributed by atoms with Crippen LogP contribution in [-0.4, -0.2) is 36.2 Å². The lowest BCUT2D eigenvalue weighted by Gasteiger charge is -2.22. The van der Waals surface area contributed by atoms with Crippen molar-refractivity contribution in [3.63, 3.8) is 0 Å². The fourth-order valence-corrected chi connectivity index (χ4v) is 3.64. The molecule has 0 saturated heterocycles. The second kappa shape index (κ2) is 11.8. The van der Waals surface area contributed by atoms with E-state index in [1.54, 1.807) is 24.3 Å². The van der Waals surface area contributed by atoms with Crippen LogP contribution in [0.15, 0.2) is 66.7 Å². The molecule has 0 aliphatic heterocycles. The number of fused-ring (bicyclic) bond motifs is 1. The molecule has 4 amide bonds. The summed E-state index contributed by atoms with van der Waals surface area (Å²) in [5.41, 5.74) is 7.07. The first-order chi connectivity index (χ1) is 16.7. The minimum Gasteiger partial charge on any atom is -0.368 e. The zero-order valence-corrected chi connectivity index (χ0v) is 19.8. The number of primary amides is 1. The highest BCUT2D eigenvalue weighted by molar-refractivity contribution is 5.96. The molecule has 0 spiro atoms. The van der Waals surface area contributed by atoms with Gasteiger partial charge in [0.2, 0.25) is 17.7 Å². The highest BCUT2D eigenvalue weighted by Crippen LogP contribution is 2.16. The molecule has 0 aromatic heterocycles. The van der Waals surface area contributed by atoms with Crippen LogP contribution in [0.1, 0.15) is 35.3 Å². The van der Waals surface area contributed by atoms with E-state index >= 15 is 0 Å². The fourth-order valence-electron chi connectivity index (χ4n) is 3.64. The van der Waals surface area contributed by atoms with Gasteiger partial charge >= 0.3 is 0 Å². The Kier molecular flexibility index (Phi) is 8.56. The maximum Gasteiger partial charge on any atom is 0.251 e. The Hall–Kier alpha value is -4.20. The van der Waals surface area contributed by atoms with Crippen LogP contribution in [-0.2, 0) is 27.3 Å². The lowest BCUT2D eigenvalue weighted by Crippen LogP contribution is -2.49. The van der Waals surface area contributed by atoms with Gasteiger partial charge in [0, 0.05) is 12.1 Å². The van der Waals surface area contributed by atoms with Gasteiger partial charge in [0.1, 0.15) is 6.04 Å². The predicted octanol–water partition coefficient (Wildman–Crippen LogP) is 2.05. The van der Waals surface area contributed by atoms with E-state index < -0.39 is 17.9 Å². The van der Waals surface area contributed by atoms with Crippen LogP contribution in [0.2, 0.25) is 0 Å². The van der Waals surface area contributed by atoms with Gasteiger partial charge in [0.25, 0.3) is 5.91 Å². The van der Waals surface area contributed by atoms with Crippen LogP contribution in [0.25, 0.3) is 10.8 Å². The molecule has 182 valence electrons. The van der Waals surface area contributed by atoms with Crippen molar-refractivity contribution in [3.05, 3.63) is 83.4 Å². The van der Waals surface area contributed by atoms with Crippen LogP contribution in [0.4, 0.5) is 0 Å². The van der Waals surface area contributed by atoms with Crippen molar-refractivity contribution in [2.75, 3.05) is 6.54 Å². The van der Waals surface area contributed by atoms with Crippen molar-refractivity contribution < 1.29 is 19.2 Å². The van der Waals surface area contributed by atoms with Crippen LogP contribution in [0, 0.1) is 5.92 Å². The Balaban J connectivity index is 1.54. The van der Waals surface area contributed by atoms with E-state index in [0.717, 1.165) is 21.9 Å². The van der Waals surface area contributed by atoms with Crippen molar-refractivity contribution >= 4 is 34.4 Å². The normalized spacial score (nSPS) is 11.6. The number of hydrogen-bond donors (Lipinski definition) is 4. The molecule has 5 N–H and O–H groups in total. The third kappa shape index (κ3) is 7.40. The molecule has 1 unspecified atom stereocenters. The standard InChI is InChI=1S/C27H30N4O4/c1-17(2)25(31-24(33)14-19-9-10-20-5-3-4-6-22(20)13-19)27(35)29-15-18-7-11-21(12-8-18)26(34)30-16-23(28)32/h3-13,17,25H,14-16H2,1-2H3,(H2,28,32)(H,29,35)(H,30,34)(H,31,33). The minimum absolute atomic E-state index is 0.105. The average Bonchev–Trinajstić information content (AvgIpc) is 2.84. The molecule has 0 saturated carbocycles. The number of amides is 4. The summed E-state index contributed by atoms with van der Waals surface area (Å²) in [7, 11) is 0. The van der Waals surface area contributed by atoms with Gasteiger partial charge in [-0.1, -0.05) is 68.4 Å². The molecule has 0 aliphatic carbocycles. The second-order valence-corrected chi connectivity index (χ2v) is 8.71. The molecule has 1 atom stereocenters. The Bertz CT molecular complexity index is 1220. The number of carbonyl (C=O) groups is 4. The third-order valence-electron chi connectivity index (χ3n) is 5.55. The summed E-state index contributed by atoms with van der Waals surface area (Å²) in [5, 5.41) is 10.3. The third-order valence-corrected chi connectivity index (χ3v) is 5.55. The fraction of sp³-hybridized carbons (Fsp3) is 0.259. The minimum atomic E-state index is -0.679. The van der Waals surface area contributed by atoms with Gasteiger partial charge in [-0.3, -0.25) is 19.2 Å². The Labute approximate surface area is 204 Å². The number of hydrogen-bond acceptors (Lipinski definition) is 4. The first-order valence-electron chi connectivity index (χ1n) is 11.4. The van der Waals surface area contributed by atoms with E-state index in [0.29, 0.717) is 5.56 Å². The van der Waals surface area contributed by atoms with Crippen LogP contribution in [0.5, 0.6) is 0 Å². The Morgan fingerprint density at radius 1 is 0.829 bits per heavy atom. The largest absolute Gasteiger partial charge is 0.368 e. The Morgan fingerprint density at radius 2 is 1.49 bits per heavy atom. The molecular formula is C27H30N4O4. The summed E-state index contributed by atoms with van der Waals surface area (Å²) in [6.45, 7) is 3.76. The van der Waals surface area contributed by atoms with Gasteiger partial charge in [-0.2, -0.15) is 0 Å². The maximum absolute atomic E-state index is 12.8. The quantitative estimate of drug-likeness (QED) is 0.358. The van der Waals surface area contributed by atoms with Crippen LogP contribution in [0.3, 0.4) is 0 Å². The van der Waals surface area contributed by atoms with Crippen molar-refractivity contribution in [2.45, 2.75) is 32.9 Å². The van der Waals surface area contributed by atoms with Crippen molar-refractivity contribution in [2.24, 2.45) is 11.7 Å². The summed E-state index contributed by atoms with van der Waals surface area (Å²) < 4.78 is 0. The zero-order valence-electron chi connectivity index (χ0n) is 19.8. The van der Waals surface area contributed by atoms with E-state index in [1.165, 1.54) is 0 Å². The van der Waals surface area contributed by atoms with Gasteiger partial charge < -0.3 is 21.7 Å². The molecule has 3 rings (SSSR count). The number of nitrogens with one attached hydrogen (secondary N) is 3. The van der Waals surface area contributed by atoms with Gasteiger partial charge in [-0.05, 0) is 39.9 Å². The molecule has 8 nitrogen and oxygen atoms in total. The van der Waals surface area contributed by atoms with Gasteiger partial charge in [-0.25, -0.2) is 0 Å². The van der Waals surface area contributed by atoms with Crippen molar-refractivity contribution in [3.8, 4) is 0 Å². The molecule has 3 aromatic carbocycles. The van der Waals surface area contributed by atoms with Crippen LogP contribution < -0.4 is 21.7 Å². The zero-order chi connectivity index (χ0) is 25.4.